The molecule has 0 radical (unpaired) electrons. The molecule has 12 heavy (non-hydrogen) atoms. The van der Waals surface area contributed by atoms with Gasteiger partial charge >= 0.3 is 6.09 Å². The third-order valence-corrected chi connectivity index (χ3v) is 1.65. The van der Waals surface area contributed by atoms with Crippen molar-refractivity contribution in [3.63, 3.8) is 0 Å². The summed E-state index contributed by atoms with van der Waals surface area (Å²) in [6.07, 6.45) is -0.917. The van der Waals surface area contributed by atoms with E-state index < -0.39 is 6.09 Å². The summed E-state index contributed by atoms with van der Waals surface area (Å²) in [5, 5.41) is 0.717. The van der Waals surface area contributed by atoms with Crippen molar-refractivity contribution in [3.05, 3.63) is 28.2 Å². The van der Waals surface area contributed by atoms with Crippen LogP contribution in [0.1, 0.15) is 0 Å². The van der Waals surface area contributed by atoms with Crippen molar-refractivity contribution in [2.45, 2.75) is 0 Å². The molecule has 0 spiro atoms. The Balaban J connectivity index is 2.97. The van der Waals surface area contributed by atoms with Gasteiger partial charge in [-0.25, -0.2) is 4.79 Å². The maximum atomic E-state index is 10.3. The van der Waals surface area contributed by atoms with E-state index in [4.69, 9.17) is 28.9 Å². The Labute approximate surface area is 79.0 Å². The van der Waals surface area contributed by atoms with Crippen LogP contribution in [0.2, 0.25) is 10.0 Å². The molecule has 1 rings (SSSR count). The molecule has 0 aliphatic carbocycles. The lowest BCUT2D eigenvalue weighted by atomic mass is 10.3. The number of nitrogens with two attached hydrogens (primary N) is 1. The van der Waals surface area contributed by atoms with Crippen molar-refractivity contribution in [1.82, 2.24) is 0 Å². The van der Waals surface area contributed by atoms with Gasteiger partial charge in [0.05, 0.1) is 5.02 Å². The fraction of sp³-hybridized carbons (Fsp3) is 0. The van der Waals surface area contributed by atoms with E-state index in [0.717, 1.165) is 0 Å². The van der Waals surface area contributed by atoms with Crippen molar-refractivity contribution in [1.29, 1.82) is 0 Å². The minimum Gasteiger partial charge on any atom is -0.409 e. The van der Waals surface area contributed by atoms with Gasteiger partial charge in [-0.05, 0) is 12.1 Å². The van der Waals surface area contributed by atoms with E-state index in [1.165, 1.54) is 12.1 Å². The van der Waals surface area contributed by atoms with Gasteiger partial charge in [-0.2, -0.15) is 0 Å². The van der Waals surface area contributed by atoms with Crippen molar-refractivity contribution in [3.8, 4) is 5.75 Å². The first-order valence-corrected chi connectivity index (χ1v) is 3.77. The molecule has 0 unspecified atom stereocenters. The summed E-state index contributed by atoms with van der Waals surface area (Å²) in [5.74, 6) is 0.164. The summed E-state index contributed by atoms with van der Waals surface area (Å²) in [7, 11) is 0. The number of hydrogen-bond acceptors (Lipinski definition) is 2. The van der Waals surface area contributed by atoms with Gasteiger partial charge in [0.15, 0.2) is 5.75 Å². The van der Waals surface area contributed by atoms with Crippen molar-refractivity contribution in [2.24, 2.45) is 5.73 Å². The first kappa shape index (κ1) is 9.16. The molecule has 64 valence electrons. The molecule has 0 atom stereocenters. The quantitative estimate of drug-likeness (QED) is 0.766. The minimum absolute atomic E-state index is 0.164. The van der Waals surface area contributed by atoms with E-state index in [0.29, 0.717) is 10.0 Å². The number of benzene rings is 1. The zero-order chi connectivity index (χ0) is 9.14. The topological polar surface area (TPSA) is 52.3 Å². The van der Waals surface area contributed by atoms with Gasteiger partial charge in [0.1, 0.15) is 0 Å². The molecule has 0 aliphatic heterocycles. The van der Waals surface area contributed by atoms with Gasteiger partial charge in [0.2, 0.25) is 0 Å². The van der Waals surface area contributed by atoms with Gasteiger partial charge in [-0.15, -0.1) is 0 Å². The highest BCUT2D eigenvalue weighted by atomic mass is 35.5. The van der Waals surface area contributed by atoms with Gasteiger partial charge in [0, 0.05) is 11.1 Å². The lowest BCUT2D eigenvalue weighted by molar-refractivity contribution is 0.211. The van der Waals surface area contributed by atoms with E-state index in [1.54, 1.807) is 6.07 Å². The van der Waals surface area contributed by atoms with E-state index in [1.807, 2.05) is 0 Å². The molecule has 2 N–H and O–H groups in total. The highest BCUT2D eigenvalue weighted by Gasteiger charge is 2.04. The van der Waals surface area contributed by atoms with Crippen molar-refractivity contribution in [2.75, 3.05) is 0 Å². The number of halogens is 2. The van der Waals surface area contributed by atoms with Crippen molar-refractivity contribution >= 4 is 29.3 Å². The Morgan fingerprint density at radius 2 is 2.08 bits per heavy atom. The van der Waals surface area contributed by atoms with Crippen LogP contribution < -0.4 is 10.5 Å². The van der Waals surface area contributed by atoms with E-state index in [-0.39, 0.29) is 5.75 Å². The van der Waals surface area contributed by atoms with E-state index in [9.17, 15) is 4.79 Å². The molecular weight excluding hydrogens is 201 g/mol. The van der Waals surface area contributed by atoms with Crippen LogP contribution in [-0.4, -0.2) is 6.09 Å². The predicted molar refractivity (Wildman–Crippen MR) is 46.7 cm³/mol. The molecule has 0 saturated heterocycles. The SMILES string of the molecule is NC(=O)Oc1cc(Cl)ccc1Cl. The molecule has 3 nitrogen and oxygen atoms in total. The molecule has 1 aromatic rings. The van der Waals surface area contributed by atoms with Crippen LogP contribution in [0.15, 0.2) is 18.2 Å². The minimum atomic E-state index is -0.917. The lowest BCUT2D eigenvalue weighted by Crippen LogP contribution is -2.16. The Morgan fingerprint density at radius 3 is 2.67 bits per heavy atom. The lowest BCUT2D eigenvalue weighted by Gasteiger charge is -2.02. The highest BCUT2D eigenvalue weighted by molar-refractivity contribution is 6.34. The van der Waals surface area contributed by atoms with Crippen LogP contribution in [0.4, 0.5) is 4.79 Å². The summed E-state index contributed by atoms with van der Waals surface area (Å²) in [6, 6.07) is 4.51. The number of carbonyl (C=O) groups excluding carboxylic acids is 1. The summed E-state index contributed by atoms with van der Waals surface area (Å²) in [5.41, 5.74) is 4.78. The number of hydrogen-bond donors (Lipinski definition) is 1. The van der Waals surface area contributed by atoms with Crippen LogP contribution in [0.5, 0.6) is 5.75 Å². The number of primary amides is 1. The molecule has 5 heteroatoms. The second kappa shape index (κ2) is 3.65. The second-order valence-electron chi connectivity index (χ2n) is 2.00. The fourth-order valence-electron chi connectivity index (χ4n) is 0.664. The standard InChI is InChI=1S/C7H5Cl2NO2/c8-4-1-2-5(9)6(3-4)12-7(10)11/h1-3H,(H2,10,11). The van der Waals surface area contributed by atoms with E-state index in [2.05, 4.69) is 4.74 Å². The van der Waals surface area contributed by atoms with Crippen LogP contribution >= 0.6 is 23.2 Å². The van der Waals surface area contributed by atoms with Crippen LogP contribution in [-0.2, 0) is 0 Å². The molecule has 0 saturated carbocycles. The average Bonchev–Trinajstić information content (AvgIpc) is 1.96. The number of ether oxygens (including phenoxy) is 1. The number of carbonyl (C=O) groups is 1. The Bertz CT molecular complexity index is 314. The average molecular weight is 206 g/mol. The Hall–Kier alpha value is -0.930. The van der Waals surface area contributed by atoms with Gasteiger partial charge < -0.3 is 10.5 Å². The van der Waals surface area contributed by atoms with Gasteiger partial charge in [-0.1, -0.05) is 23.2 Å². The first-order valence-electron chi connectivity index (χ1n) is 3.02. The smallest absolute Gasteiger partial charge is 0.409 e. The third-order valence-electron chi connectivity index (χ3n) is 1.10. The molecular formula is C7H5Cl2NO2. The zero-order valence-electron chi connectivity index (χ0n) is 5.88. The molecule has 0 heterocycles. The Kier molecular flexibility index (Phi) is 2.78. The Morgan fingerprint density at radius 1 is 1.42 bits per heavy atom. The summed E-state index contributed by atoms with van der Waals surface area (Å²) < 4.78 is 4.55. The van der Waals surface area contributed by atoms with Crippen molar-refractivity contribution < 1.29 is 9.53 Å². The van der Waals surface area contributed by atoms with Crippen LogP contribution in [0.3, 0.4) is 0 Å². The molecule has 1 aromatic carbocycles. The summed E-state index contributed by atoms with van der Waals surface area (Å²) in [4.78, 5) is 10.3. The fourth-order valence-corrected chi connectivity index (χ4v) is 0.982. The monoisotopic (exact) mass is 205 g/mol. The summed E-state index contributed by atoms with van der Waals surface area (Å²) in [6.45, 7) is 0. The molecule has 0 aromatic heterocycles. The van der Waals surface area contributed by atoms with Crippen LogP contribution in [0.25, 0.3) is 0 Å². The maximum Gasteiger partial charge on any atom is 0.410 e. The molecule has 1 amide bonds. The molecule has 0 aliphatic rings. The summed E-state index contributed by atoms with van der Waals surface area (Å²) >= 11 is 11.3. The van der Waals surface area contributed by atoms with Gasteiger partial charge in [-0.3, -0.25) is 0 Å². The number of rotatable bonds is 1. The van der Waals surface area contributed by atoms with E-state index >= 15 is 0 Å². The normalized spacial score (nSPS) is 9.50. The van der Waals surface area contributed by atoms with Crippen LogP contribution in [0, 0.1) is 0 Å². The van der Waals surface area contributed by atoms with Gasteiger partial charge in [0.25, 0.3) is 0 Å². The largest absolute Gasteiger partial charge is 0.410 e. The highest BCUT2D eigenvalue weighted by Crippen LogP contribution is 2.27. The second-order valence-corrected chi connectivity index (χ2v) is 2.84. The third kappa shape index (κ3) is 2.29. The maximum absolute atomic E-state index is 10.3. The molecule has 0 fully saturated rings. The predicted octanol–water partition coefficient (Wildman–Crippen LogP) is 2.45. The zero-order valence-corrected chi connectivity index (χ0v) is 7.39. The number of amides is 1. The first-order chi connectivity index (χ1) is 5.59. The molecule has 0 bridgehead atoms.